The molecular formula is C13H17F3N2O3. The molecule has 0 saturated carbocycles. The van der Waals surface area contributed by atoms with Crippen LogP contribution in [0.3, 0.4) is 0 Å². The molecule has 0 aromatic heterocycles. The zero-order chi connectivity index (χ0) is 16.0. The van der Waals surface area contributed by atoms with Gasteiger partial charge in [-0.1, -0.05) is 0 Å². The normalized spacial score (nSPS) is 11.2. The molecule has 0 aliphatic heterocycles. The summed E-state index contributed by atoms with van der Waals surface area (Å²) < 4.78 is 46.5. The molecule has 0 saturated heterocycles. The monoisotopic (exact) mass is 306 g/mol. The van der Waals surface area contributed by atoms with Gasteiger partial charge >= 0.3 is 12.2 Å². The molecule has 0 aliphatic rings. The van der Waals surface area contributed by atoms with Gasteiger partial charge in [0.1, 0.15) is 6.54 Å². The van der Waals surface area contributed by atoms with Crippen molar-refractivity contribution in [3.63, 3.8) is 0 Å². The second kappa shape index (κ2) is 7.05. The Bertz CT molecular complexity index is 490. The summed E-state index contributed by atoms with van der Waals surface area (Å²) in [7, 11) is 1.43. The molecule has 21 heavy (non-hydrogen) atoms. The second-order valence-electron chi connectivity index (χ2n) is 4.46. The number of carbonyl (C=O) groups is 1. The number of carbonyl (C=O) groups excluding carboxylic acids is 1. The summed E-state index contributed by atoms with van der Waals surface area (Å²) in [5, 5.41) is 3.99. The Kier molecular flexibility index (Phi) is 5.69. The Morgan fingerprint density at radius 1 is 1.29 bits per heavy atom. The van der Waals surface area contributed by atoms with Crippen LogP contribution in [-0.4, -0.2) is 32.0 Å². The SMILES string of the molecule is COc1cc(NC(=O)NCC(F)(F)F)ccc1OC(C)C. The van der Waals surface area contributed by atoms with Gasteiger partial charge in [0.05, 0.1) is 13.2 Å². The number of rotatable bonds is 5. The Hall–Kier alpha value is -2.12. The quantitative estimate of drug-likeness (QED) is 0.878. The molecule has 118 valence electrons. The second-order valence-corrected chi connectivity index (χ2v) is 4.46. The van der Waals surface area contributed by atoms with Crippen LogP contribution in [0.5, 0.6) is 11.5 Å². The molecule has 2 N–H and O–H groups in total. The molecule has 0 fully saturated rings. The van der Waals surface area contributed by atoms with E-state index >= 15 is 0 Å². The van der Waals surface area contributed by atoms with Crippen LogP contribution in [0.15, 0.2) is 18.2 Å². The maximum Gasteiger partial charge on any atom is 0.405 e. The summed E-state index contributed by atoms with van der Waals surface area (Å²) in [5.41, 5.74) is 0.294. The Morgan fingerprint density at radius 3 is 2.48 bits per heavy atom. The number of urea groups is 1. The number of hydrogen-bond acceptors (Lipinski definition) is 3. The van der Waals surface area contributed by atoms with Crippen LogP contribution in [0.4, 0.5) is 23.7 Å². The maximum absolute atomic E-state index is 12.0. The van der Waals surface area contributed by atoms with Gasteiger partial charge in [-0.05, 0) is 26.0 Å². The highest BCUT2D eigenvalue weighted by Gasteiger charge is 2.27. The van der Waals surface area contributed by atoms with Crippen LogP contribution >= 0.6 is 0 Å². The predicted molar refractivity (Wildman–Crippen MR) is 71.8 cm³/mol. The summed E-state index contributed by atoms with van der Waals surface area (Å²) in [6.45, 7) is 2.29. The number of benzene rings is 1. The maximum atomic E-state index is 12.0. The Labute approximate surface area is 120 Å². The van der Waals surface area contributed by atoms with Gasteiger partial charge in [0.25, 0.3) is 0 Å². The van der Waals surface area contributed by atoms with Crippen LogP contribution < -0.4 is 20.1 Å². The predicted octanol–water partition coefficient (Wildman–Crippen LogP) is 3.17. The number of anilines is 1. The average Bonchev–Trinajstić information content (AvgIpc) is 2.37. The molecule has 0 bridgehead atoms. The minimum atomic E-state index is -4.45. The first-order chi connectivity index (χ1) is 9.71. The highest BCUT2D eigenvalue weighted by atomic mass is 19.4. The number of halogens is 3. The van der Waals surface area contributed by atoms with Crippen LogP contribution in [-0.2, 0) is 0 Å². The number of alkyl halides is 3. The van der Waals surface area contributed by atoms with Crippen LogP contribution in [0, 0.1) is 0 Å². The van der Waals surface area contributed by atoms with Crippen LogP contribution in [0.2, 0.25) is 0 Å². The lowest BCUT2D eigenvalue weighted by Crippen LogP contribution is -2.36. The molecule has 0 unspecified atom stereocenters. The molecule has 0 radical (unpaired) electrons. The van der Waals surface area contributed by atoms with Crippen molar-refractivity contribution >= 4 is 11.7 Å². The molecule has 1 aromatic carbocycles. The summed E-state index contributed by atoms with van der Waals surface area (Å²) >= 11 is 0. The van der Waals surface area contributed by atoms with E-state index in [0.717, 1.165) is 0 Å². The first kappa shape index (κ1) is 16.9. The van der Waals surface area contributed by atoms with Gasteiger partial charge in [-0.3, -0.25) is 0 Å². The van der Waals surface area contributed by atoms with E-state index in [-0.39, 0.29) is 6.10 Å². The fourth-order valence-electron chi connectivity index (χ4n) is 1.45. The fourth-order valence-corrected chi connectivity index (χ4v) is 1.45. The molecule has 0 aliphatic carbocycles. The number of ether oxygens (including phenoxy) is 2. The lowest BCUT2D eigenvalue weighted by molar-refractivity contribution is -0.122. The van der Waals surface area contributed by atoms with E-state index in [9.17, 15) is 18.0 Å². The largest absolute Gasteiger partial charge is 0.493 e. The molecule has 0 spiro atoms. The van der Waals surface area contributed by atoms with E-state index in [1.807, 2.05) is 13.8 Å². The number of hydrogen-bond donors (Lipinski definition) is 2. The Balaban J connectivity index is 2.70. The highest BCUT2D eigenvalue weighted by molar-refractivity contribution is 5.89. The minimum absolute atomic E-state index is 0.0622. The van der Waals surface area contributed by atoms with Crippen molar-refractivity contribution < 1.29 is 27.4 Å². The van der Waals surface area contributed by atoms with Gasteiger partial charge in [0, 0.05) is 11.8 Å². The van der Waals surface area contributed by atoms with E-state index in [2.05, 4.69) is 5.32 Å². The summed E-state index contributed by atoms with van der Waals surface area (Å²) in [5.74, 6) is 0.853. The molecule has 0 heterocycles. The zero-order valence-corrected chi connectivity index (χ0v) is 11.9. The first-order valence-electron chi connectivity index (χ1n) is 6.17. The minimum Gasteiger partial charge on any atom is -0.493 e. The zero-order valence-electron chi connectivity index (χ0n) is 11.9. The van der Waals surface area contributed by atoms with E-state index in [1.54, 1.807) is 11.4 Å². The third-order valence-corrected chi connectivity index (χ3v) is 2.23. The highest BCUT2D eigenvalue weighted by Crippen LogP contribution is 2.30. The van der Waals surface area contributed by atoms with Crippen molar-refractivity contribution in [3.8, 4) is 11.5 Å². The smallest absolute Gasteiger partial charge is 0.405 e. The third-order valence-electron chi connectivity index (χ3n) is 2.23. The van der Waals surface area contributed by atoms with Crippen molar-refractivity contribution in [2.45, 2.75) is 26.1 Å². The van der Waals surface area contributed by atoms with Crippen LogP contribution in [0.25, 0.3) is 0 Å². The van der Waals surface area contributed by atoms with Gasteiger partial charge in [-0.15, -0.1) is 0 Å². The van der Waals surface area contributed by atoms with Crippen molar-refractivity contribution in [2.24, 2.45) is 0 Å². The lowest BCUT2D eigenvalue weighted by Gasteiger charge is -2.15. The first-order valence-corrected chi connectivity index (χ1v) is 6.17. The van der Waals surface area contributed by atoms with E-state index < -0.39 is 18.8 Å². The average molecular weight is 306 g/mol. The molecule has 5 nitrogen and oxygen atoms in total. The Morgan fingerprint density at radius 2 is 1.95 bits per heavy atom. The van der Waals surface area contributed by atoms with Crippen molar-refractivity contribution in [3.05, 3.63) is 18.2 Å². The summed E-state index contributed by atoms with van der Waals surface area (Å²) in [4.78, 5) is 11.3. The van der Waals surface area contributed by atoms with E-state index in [1.165, 1.54) is 19.2 Å². The number of amides is 2. The van der Waals surface area contributed by atoms with Gasteiger partial charge in [-0.25, -0.2) is 4.79 Å². The molecule has 8 heteroatoms. The molecule has 1 aromatic rings. The van der Waals surface area contributed by atoms with Crippen molar-refractivity contribution in [2.75, 3.05) is 19.0 Å². The fraction of sp³-hybridized carbons (Fsp3) is 0.462. The topological polar surface area (TPSA) is 59.6 Å². The van der Waals surface area contributed by atoms with Gasteiger partial charge in [-0.2, -0.15) is 13.2 Å². The molecule has 0 atom stereocenters. The lowest BCUT2D eigenvalue weighted by atomic mass is 10.2. The summed E-state index contributed by atoms with van der Waals surface area (Å²) in [6.07, 6.45) is -4.52. The standard InChI is InChI=1S/C13H17F3N2O3/c1-8(2)21-10-5-4-9(6-11(10)20-3)18-12(19)17-7-13(14,15)16/h4-6,8H,7H2,1-3H3,(H2,17,18,19). The number of methoxy groups -OCH3 is 1. The molecular weight excluding hydrogens is 289 g/mol. The molecule has 2 amide bonds. The van der Waals surface area contributed by atoms with Crippen molar-refractivity contribution in [1.82, 2.24) is 5.32 Å². The number of nitrogens with one attached hydrogen (secondary N) is 2. The van der Waals surface area contributed by atoms with E-state index in [0.29, 0.717) is 17.2 Å². The molecule has 1 rings (SSSR count). The third kappa shape index (κ3) is 6.24. The van der Waals surface area contributed by atoms with Crippen molar-refractivity contribution in [1.29, 1.82) is 0 Å². The van der Waals surface area contributed by atoms with Crippen LogP contribution in [0.1, 0.15) is 13.8 Å². The van der Waals surface area contributed by atoms with Gasteiger partial charge in [0.15, 0.2) is 11.5 Å². The van der Waals surface area contributed by atoms with Gasteiger partial charge < -0.3 is 20.1 Å². The summed E-state index contributed by atoms with van der Waals surface area (Å²) in [6, 6.07) is 3.59. The van der Waals surface area contributed by atoms with Gasteiger partial charge in [0.2, 0.25) is 0 Å². The van der Waals surface area contributed by atoms with E-state index in [4.69, 9.17) is 9.47 Å².